The molecule has 182 valence electrons. The topological polar surface area (TPSA) is 128 Å². The van der Waals surface area contributed by atoms with E-state index in [-0.39, 0.29) is 30.0 Å². The molecule has 0 saturated carbocycles. The number of aromatic hydroxyl groups is 2. The molecule has 0 radical (unpaired) electrons. The van der Waals surface area contributed by atoms with Crippen molar-refractivity contribution in [2.24, 2.45) is 10.1 Å². The molecular formula is C24H31N5O5. The zero-order valence-corrected chi connectivity index (χ0v) is 20.0. The average molecular weight is 470 g/mol. The number of phenolic OH excluding ortho intramolecular Hbond substituents is 2. The van der Waals surface area contributed by atoms with E-state index in [1.807, 2.05) is 32.8 Å². The number of rotatable bonds is 7. The van der Waals surface area contributed by atoms with Gasteiger partial charge in [0.25, 0.3) is 5.91 Å². The first kappa shape index (κ1) is 24.8. The van der Waals surface area contributed by atoms with E-state index in [2.05, 4.69) is 20.8 Å². The lowest BCUT2D eigenvalue weighted by atomic mass is 9.97. The second kappa shape index (κ2) is 10.9. The molecule has 0 aliphatic carbocycles. The van der Waals surface area contributed by atoms with Crippen molar-refractivity contribution in [3.05, 3.63) is 41.5 Å². The number of likely N-dealkylation sites (N-methyl/N-ethyl adjacent to an activating group) is 1. The SMILES string of the molecule is C/C(=N\NC(=Nc1ccc2c(c1)OCO2)C(=O)NCCN(C)C)c1cc(C(C)C)c(O)cc1O. The van der Waals surface area contributed by atoms with Gasteiger partial charge in [0.05, 0.1) is 11.4 Å². The number of nitrogens with one attached hydrogen (secondary N) is 2. The minimum atomic E-state index is -0.436. The highest BCUT2D eigenvalue weighted by molar-refractivity contribution is 6.38. The molecule has 0 bridgehead atoms. The van der Waals surface area contributed by atoms with E-state index in [9.17, 15) is 15.0 Å². The standard InChI is InChI=1S/C24H31N5O5/c1-14(2)17-11-18(20(31)12-19(17)30)15(3)27-28-23(24(32)25-8-9-29(4)5)26-16-6-7-21-22(10-16)34-13-33-21/h6-7,10-12,14,30-31H,8-9,13H2,1-5H3,(H,25,32)(H,26,28)/b27-15+. The third-order valence-corrected chi connectivity index (χ3v) is 5.14. The summed E-state index contributed by atoms with van der Waals surface area (Å²) in [6.45, 7) is 6.78. The van der Waals surface area contributed by atoms with E-state index in [0.717, 1.165) is 0 Å². The van der Waals surface area contributed by atoms with Gasteiger partial charge in [0.2, 0.25) is 12.6 Å². The number of benzene rings is 2. The number of nitrogens with zero attached hydrogens (tertiary/aromatic N) is 3. The monoisotopic (exact) mass is 469 g/mol. The van der Waals surface area contributed by atoms with Gasteiger partial charge < -0.3 is 29.9 Å². The lowest BCUT2D eigenvalue weighted by molar-refractivity contribution is -0.115. The Balaban J connectivity index is 1.88. The van der Waals surface area contributed by atoms with Crippen LogP contribution >= 0.6 is 0 Å². The minimum absolute atomic E-state index is 0.0161. The third-order valence-electron chi connectivity index (χ3n) is 5.14. The summed E-state index contributed by atoms with van der Waals surface area (Å²) in [5.41, 5.74) is 4.74. The van der Waals surface area contributed by atoms with Gasteiger partial charge >= 0.3 is 0 Å². The van der Waals surface area contributed by atoms with Gasteiger partial charge in [-0.25, -0.2) is 4.99 Å². The Kier molecular flexibility index (Phi) is 7.95. The summed E-state index contributed by atoms with van der Waals surface area (Å²) in [5, 5.41) is 27.5. The Morgan fingerprint density at radius 3 is 2.56 bits per heavy atom. The minimum Gasteiger partial charge on any atom is -0.508 e. The zero-order valence-electron chi connectivity index (χ0n) is 20.0. The molecule has 0 unspecified atom stereocenters. The molecule has 10 heteroatoms. The summed E-state index contributed by atoms with van der Waals surface area (Å²) >= 11 is 0. The van der Waals surface area contributed by atoms with Crippen LogP contribution in [0.15, 0.2) is 40.4 Å². The van der Waals surface area contributed by atoms with Crippen LogP contribution in [0.25, 0.3) is 0 Å². The second-order valence-corrected chi connectivity index (χ2v) is 8.45. The van der Waals surface area contributed by atoms with Crippen molar-refractivity contribution in [1.29, 1.82) is 0 Å². The fourth-order valence-electron chi connectivity index (χ4n) is 3.23. The number of carbonyl (C=O) groups is 1. The van der Waals surface area contributed by atoms with Crippen molar-refractivity contribution >= 4 is 23.1 Å². The third kappa shape index (κ3) is 6.16. The lowest BCUT2D eigenvalue weighted by Gasteiger charge is -2.14. The van der Waals surface area contributed by atoms with Gasteiger partial charge in [-0.1, -0.05) is 13.8 Å². The Morgan fingerprint density at radius 1 is 1.12 bits per heavy atom. The summed E-state index contributed by atoms with van der Waals surface area (Å²) in [4.78, 5) is 19.2. The van der Waals surface area contributed by atoms with Crippen molar-refractivity contribution in [1.82, 2.24) is 15.6 Å². The van der Waals surface area contributed by atoms with Crippen LogP contribution in [0.2, 0.25) is 0 Å². The summed E-state index contributed by atoms with van der Waals surface area (Å²) in [6, 6.07) is 8.08. The van der Waals surface area contributed by atoms with Gasteiger partial charge in [-0.2, -0.15) is 5.10 Å². The number of hydrogen-bond donors (Lipinski definition) is 4. The number of phenols is 2. The van der Waals surface area contributed by atoms with Crippen molar-refractivity contribution in [2.45, 2.75) is 26.7 Å². The Labute approximate surface area is 198 Å². The van der Waals surface area contributed by atoms with Gasteiger partial charge in [0.1, 0.15) is 11.5 Å². The van der Waals surface area contributed by atoms with Gasteiger partial charge in [-0.05, 0) is 50.7 Å². The molecule has 4 N–H and O–H groups in total. The zero-order chi connectivity index (χ0) is 24.8. The van der Waals surface area contributed by atoms with Crippen LogP contribution in [0.5, 0.6) is 23.0 Å². The van der Waals surface area contributed by atoms with Gasteiger partial charge in [0, 0.05) is 30.8 Å². The molecule has 0 fully saturated rings. The molecular weight excluding hydrogens is 438 g/mol. The quantitative estimate of drug-likeness (QED) is 0.279. The lowest BCUT2D eigenvalue weighted by Crippen LogP contribution is -2.41. The van der Waals surface area contributed by atoms with Crippen LogP contribution < -0.4 is 20.2 Å². The molecule has 1 amide bonds. The molecule has 2 aromatic carbocycles. The largest absolute Gasteiger partial charge is 0.508 e. The van der Waals surface area contributed by atoms with Crippen molar-refractivity contribution in [3.63, 3.8) is 0 Å². The maximum absolute atomic E-state index is 12.8. The molecule has 0 saturated heterocycles. The average Bonchev–Trinajstić information content (AvgIpc) is 3.23. The normalized spacial score (nSPS) is 13.5. The van der Waals surface area contributed by atoms with Crippen LogP contribution in [-0.4, -0.2) is 66.5 Å². The molecule has 3 rings (SSSR count). The van der Waals surface area contributed by atoms with Gasteiger partial charge in [-0.3, -0.25) is 10.2 Å². The molecule has 2 aromatic rings. The number of amidine groups is 1. The van der Waals surface area contributed by atoms with E-state index in [1.54, 1.807) is 31.2 Å². The van der Waals surface area contributed by atoms with Crippen molar-refractivity contribution < 1.29 is 24.5 Å². The van der Waals surface area contributed by atoms with Gasteiger partial charge in [-0.15, -0.1) is 0 Å². The maximum Gasteiger partial charge on any atom is 0.288 e. The number of hydrogen-bond acceptors (Lipinski definition) is 8. The van der Waals surface area contributed by atoms with Crippen LogP contribution in [-0.2, 0) is 4.79 Å². The number of hydrazone groups is 1. The van der Waals surface area contributed by atoms with E-state index in [0.29, 0.717) is 47.1 Å². The highest BCUT2D eigenvalue weighted by Gasteiger charge is 2.17. The number of aliphatic imine (C=N–C) groups is 1. The number of amides is 1. The molecule has 34 heavy (non-hydrogen) atoms. The smallest absolute Gasteiger partial charge is 0.288 e. The van der Waals surface area contributed by atoms with E-state index < -0.39 is 5.91 Å². The molecule has 1 aliphatic heterocycles. The van der Waals surface area contributed by atoms with E-state index >= 15 is 0 Å². The molecule has 1 heterocycles. The van der Waals surface area contributed by atoms with Gasteiger partial charge in [0.15, 0.2) is 11.5 Å². The van der Waals surface area contributed by atoms with Crippen molar-refractivity contribution in [2.75, 3.05) is 34.0 Å². The summed E-state index contributed by atoms with van der Waals surface area (Å²) in [7, 11) is 3.82. The van der Waals surface area contributed by atoms with E-state index in [1.165, 1.54) is 6.07 Å². The summed E-state index contributed by atoms with van der Waals surface area (Å²) < 4.78 is 10.7. The highest BCUT2D eigenvalue weighted by atomic mass is 16.7. The molecule has 0 aromatic heterocycles. The Hall–Kier alpha value is -3.79. The van der Waals surface area contributed by atoms with E-state index in [4.69, 9.17) is 9.47 Å². The van der Waals surface area contributed by atoms with Crippen LogP contribution in [0, 0.1) is 0 Å². The number of ether oxygens (including phenoxy) is 2. The van der Waals surface area contributed by atoms with Crippen molar-refractivity contribution in [3.8, 4) is 23.0 Å². The fourth-order valence-corrected chi connectivity index (χ4v) is 3.23. The predicted molar refractivity (Wildman–Crippen MR) is 130 cm³/mol. The summed E-state index contributed by atoms with van der Waals surface area (Å²) in [6.07, 6.45) is 0. The summed E-state index contributed by atoms with van der Waals surface area (Å²) in [5.74, 6) is 0.640. The second-order valence-electron chi connectivity index (χ2n) is 8.45. The first-order valence-electron chi connectivity index (χ1n) is 10.9. The predicted octanol–water partition coefficient (Wildman–Crippen LogP) is 2.67. The van der Waals surface area contributed by atoms with Crippen LogP contribution in [0.4, 0.5) is 5.69 Å². The maximum atomic E-state index is 12.8. The molecule has 1 aliphatic rings. The molecule has 0 spiro atoms. The molecule has 0 atom stereocenters. The van der Waals surface area contributed by atoms with Crippen LogP contribution in [0.3, 0.4) is 0 Å². The highest BCUT2D eigenvalue weighted by Crippen LogP contribution is 2.35. The Bertz CT molecular complexity index is 1110. The fraction of sp³-hybridized carbons (Fsp3) is 0.375. The molecule has 10 nitrogen and oxygen atoms in total. The van der Waals surface area contributed by atoms with Crippen LogP contribution in [0.1, 0.15) is 37.8 Å². The Morgan fingerprint density at radius 2 is 1.85 bits per heavy atom. The number of fused-ring (bicyclic) bond motifs is 1. The number of carbonyl (C=O) groups excluding carboxylic acids is 1. The first-order chi connectivity index (χ1) is 16.2. The first-order valence-corrected chi connectivity index (χ1v) is 10.9.